The predicted octanol–water partition coefficient (Wildman–Crippen LogP) is 2.39. The zero-order valence-electron chi connectivity index (χ0n) is 11.0. The molecule has 2 aromatic rings. The van der Waals surface area contributed by atoms with Crippen molar-refractivity contribution in [2.75, 3.05) is 25.0 Å². The van der Waals surface area contributed by atoms with Gasteiger partial charge in [0, 0.05) is 25.3 Å². The quantitative estimate of drug-likeness (QED) is 0.942. The van der Waals surface area contributed by atoms with Crippen LogP contribution in [0, 0.1) is 0 Å². The molecule has 102 valence electrons. The molecule has 5 nitrogen and oxygen atoms in total. The number of anilines is 1. The Morgan fingerprint density at radius 2 is 2.21 bits per heavy atom. The summed E-state index contributed by atoms with van der Waals surface area (Å²) in [6.45, 7) is 5.68. The fraction of sp³-hybridized carbons (Fsp3) is 0.538. The van der Waals surface area contributed by atoms with E-state index in [9.17, 15) is 0 Å². The number of nitrogens with zero attached hydrogens (tertiary/aromatic N) is 4. The van der Waals surface area contributed by atoms with E-state index in [0.29, 0.717) is 6.04 Å². The number of likely N-dealkylation sites (tertiary alicyclic amines) is 1. The van der Waals surface area contributed by atoms with Crippen LogP contribution in [0.3, 0.4) is 0 Å². The van der Waals surface area contributed by atoms with Crippen molar-refractivity contribution in [1.82, 2.24) is 19.5 Å². The van der Waals surface area contributed by atoms with Crippen molar-refractivity contribution in [3.8, 4) is 0 Å². The largest absolute Gasteiger partial charge is 0.350 e. The Bertz CT molecular complexity index is 559. The normalized spacial score (nSPS) is 18.0. The number of rotatable bonds is 3. The van der Waals surface area contributed by atoms with Gasteiger partial charge in [-0.25, -0.2) is 4.52 Å². The number of nitrogens with one attached hydrogen (secondary N) is 1. The minimum Gasteiger partial charge on any atom is -0.350 e. The van der Waals surface area contributed by atoms with E-state index in [1.165, 1.54) is 0 Å². The van der Waals surface area contributed by atoms with Crippen LogP contribution in [-0.2, 0) is 0 Å². The maximum atomic E-state index is 4.53. The molecule has 3 rings (SSSR count). The van der Waals surface area contributed by atoms with Crippen LogP contribution in [0.15, 0.2) is 22.8 Å². The molecule has 0 saturated carbocycles. The average molecular weight is 324 g/mol. The minimum absolute atomic E-state index is 0.485. The molecular weight excluding hydrogens is 306 g/mol. The van der Waals surface area contributed by atoms with Crippen LogP contribution in [0.25, 0.3) is 5.65 Å². The van der Waals surface area contributed by atoms with Gasteiger partial charge in [-0.1, -0.05) is 6.92 Å². The van der Waals surface area contributed by atoms with Gasteiger partial charge in [-0.05, 0) is 47.4 Å². The summed E-state index contributed by atoms with van der Waals surface area (Å²) < 4.78 is 2.77. The topological polar surface area (TPSA) is 45.5 Å². The van der Waals surface area contributed by atoms with Crippen molar-refractivity contribution in [2.45, 2.75) is 25.8 Å². The summed E-state index contributed by atoms with van der Waals surface area (Å²) in [7, 11) is 0. The van der Waals surface area contributed by atoms with E-state index < -0.39 is 0 Å². The van der Waals surface area contributed by atoms with Crippen molar-refractivity contribution in [1.29, 1.82) is 0 Å². The Morgan fingerprint density at radius 3 is 2.89 bits per heavy atom. The maximum Gasteiger partial charge on any atom is 0.243 e. The minimum atomic E-state index is 0.485. The fourth-order valence-corrected chi connectivity index (χ4v) is 2.93. The smallest absolute Gasteiger partial charge is 0.243 e. The fourth-order valence-electron chi connectivity index (χ4n) is 2.51. The van der Waals surface area contributed by atoms with Crippen molar-refractivity contribution in [3.63, 3.8) is 0 Å². The zero-order chi connectivity index (χ0) is 13.2. The van der Waals surface area contributed by atoms with Crippen LogP contribution in [0.2, 0.25) is 0 Å². The first-order valence-electron chi connectivity index (χ1n) is 6.76. The number of piperidine rings is 1. The van der Waals surface area contributed by atoms with E-state index >= 15 is 0 Å². The average Bonchev–Trinajstić information content (AvgIpc) is 2.84. The molecule has 0 unspecified atom stereocenters. The van der Waals surface area contributed by atoms with E-state index in [0.717, 1.165) is 48.5 Å². The summed E-state index contributed by atoms with van der Waals surface area (Å²) in [5.74, 6) is 0.724. The lowest BCUT2D eigenvalue weighted by molar-refractivity contribution is 0.229. The molecule has 0 spiro atoms. The Labute approximate surface area is 121 Å². The van der Waals surface area contributed by atoms with Gasteiger partial charge < -0.3 is 10.2 Å². The lowest BCUT2D eigenvalue weighted by atomic mass is 10.1. The summed E-state index contributed by atoms with van der Waals surface area (Å²) in [4.78, 5) is 7.00. The van der Waals surface area contributed by atoms with Gasteiger partial charge in [0.25, 0.3) is 0 Å². The number of aromatic nitrogens is 3. The molecule has 0 amide bonds. The second-order valence-electron chi connectivity index (χ2n) is 4.91. The number of hydrogen-bond donors (Lipinski definition) is 1. The van der Waals surface area contributed by atoms with Crippen LogP contribution in [0.4, 0.5) is 5.95 Å². The molecule has 1 saturated heterocycles. The lowest BCUT2D eigenvalue weighted by Crippen LogP contribution is -2.39. The maximum absolute atomic E-state index is 4.53. The van der Waals surface area contributed by atoms with E-state index in [-0.39, 0.29) is 0 Å². The third-order valence-electron chi connectivity index (χ3n) is 3.68. The Hall–Kier alpha value is -1.14. The highest BCUT2D eigenvalue weighted by Gasteiger charge is 2.19. The van der Waals surface area contributed by atoms with Crippen molar-refractivity contribution in [2.24, 2.45) is 0 Å². The van der Waals surface area contributed by atoms with Gasteiger partial charge in [0.05, 0.1) is 4.47 Å². The Morgan fingerprint density at radius 1 is 1.42 bits per heavy atom. The second kappa shape index (κ2) is 5.46. The van der Waals surface area contributed by atoms with Crippen LogP contribution in [0.5, 0.6) is 0 Å². The van der Waals surface area contributed by atoms with Gasteiger partial charge in [-0.3, -0.25) is 0 Å². The van der Waals surface area contributed by atoms with Crippen LogP contribution in [0.1, 0.15) is 19.8 Å². The highest BCUT2D eigenvalue weighted by atomic mass is 79.9. The molecule has 0 bridgehead atoms. The molecule has 0 aliphatic carbocycles. The monoisotopic (exact) mass is 323 g/mol. The van der Waals surface area contributed by atoms with Crippen LogP contribution >= 0.6 is 15.9 Å². The molecule has 1 fully saturated rings. The first kappa shape index (κ1) is 12.9. The van der Waals surface area contributed by atoms with Crippen molar-refractivity contribution >= 4 is 27.5 Å². The van der Waals surface area contributed by atoms with E-state index in [1.54, 1.807) is 4.52 Å². The number of halogens is 1. The summed E-state index contributed by atoms with van der Waals surface area (Å²) >= 11 is 3.49. The Balaban J connectivity index is 1.70. The molecular formula is C13H18BrN5. The lowest BCUT2D eigenvalue weighted by Gasteiger charge is -2.31. The molecule has 0 aromatic carbocycles. The number of hydrogen-bond acceptors (Lipinski definition) is 4. The van der Waals surface area contributed by atoms with Crippen molar-refractivity contribution < 1.29 is 0 Å². The summed E-state index contributed by atoms with van der Waals surface area (Å²) in [5.41, 5.74) is 0.857. The second-order valence-corrected chi connectivity index (χ2v) is 5.77. The molecule has 1 N–H and O–H groups in total. The molecule has 0 radical (unpaired) electrons. The summed E-state index contributed by atoms with van der Waals surface area (Å²) in [6.07, 6.45) is 4.23. The standard InChI is InChI=1S/C13H18BrN5/c1-2-18-8-5-10(6-9-18)15-13-16-12-11(14)4-3-7-19(12)17-13/h3-4,7,10H,2,5-6,8-9H2,1H3,(H,15,17). The molecule has 0 atom stereocenters. The predicted molar refractivity (Wildman–Crippen MR) is 79.4 cm³/mol. The summed E-state index contributed by atoms with van der Waals surface area (Å²) in [5, 5.41) is 7.91. The van der Waals surface area contributed by atoms with Gasteiger partial charge in [-0.2, -0.15) is 4.98 Å². The highest BCUT2D eigenvalue weighted by Crippen LogP contribution is 2.19. The third kappa shape index (κ3) is 2.74. The van der Waals surface area contributed by atoms with E-state index in [1.807, 2.05) is 18.3 Å². The number of fused-ring (bicyclic) bond motifs is 1. The van der Waals surface area contributed by atoms with Crippen molar-refractivity contribution in [3.05, 3.63) is 22.8 Å². The molecule has 6 heteroatoms. The third-order valence-corrected chi connectivity index (χ3v) is 4.30. The van der Waals surface area contributed by atoms with E-state index in [4.69, 9.17) is 0 Å². The first-order valence-corrected chi connectivity index (χ1v) is 7.55. The van der Waals surface area contributed by atoms with Gasteiger partial charge in [0.15, 0.2) is 5.65 Å². The van der Waals surface area contributed by atoms with Gasteiger partial charge in [-0.15, -0.1) is 5.10 Å². The molecule has 3 heterocycles. The molecule has 19 heavy (non-hydrogen) atoms. The molecule has 1 aliphatic heterocycles. The molecule has 1 aliphatic rings. The van der Waals surface area contributed by atoms with Crippen LogP contribution < -0.4 is 5.32 Å². The van der Waals surface area contributed by atoms with Crippen LogP contribution in [-0.4, -0.2) is 45.2 Å². The van der Waals surface area contributed by atoms with Gasteiger partial charge in [0.1, 0.15) is 0 Å². The highest BCUT2D eigenvalue weighted by molar-refractivity contribution is 9.10. The zero-order valence-corrected chi connectivity index (χ0v) is 12.6. The van der Waals surface area contributed by atoms with Gasteiger partial charge >= 0.3 is 0 Å². The molecule has 2 aromatic heterocycles. The Kier molecular flexibility index (Phi) is 3.70. The first-order chi connectivity index (χ1) is 9.26. The van der Waals surface area contributed by atoms with Gasteiger partial charge in [0.2, 0.25) is 5.95 Å². The number of pyridine rings is 1. The summed E-state index contributed by atoms with van der Waals surface area (Å²) in [6, 6.07) is 4.42. The van der Waals surface area contributed by atoms with E-state index in [2.05, 4.69) is 43.2 Å². The SMILES string of the molecule is CCN1CCC(Nc2nc3c(Br)cccn3n2)CC1.